The summed E-state index contributed by atoms with van der Waals surface area (Å²) >= 11 is 0. The summed E-state index contributed by atoms with van der Waals surface area (Å²) in [6, 6.07) is -0.431. The van der Waals surface area contributed by atoms with Crippen LogP contribution < -0.4 is 5.32 Å². The standard InChI is InChI=1S/C13H24N2O4/c1-13(2,3)19-12(17)14-9-10(11(16)18-4)15-7-5-6-8-15/h10H,5-9H2,1-4H3,(H,14,17)/t10-/m0/s1. The van der Waals surface area contributed by atoms with E-state index < -0.39 is 17.7 Å². The monoisotopic (exact) mass is 272 g/mol. The molecular weight excluding hydrogens is 248 g/mol. The molecule has 0 spiro atoms. The number of nitrogens with zero attached hydrogens (tertiary/aromatic N) is 1. The van der Waals surface area contributed by atoms with Crippen molar-refractivity contribution in [1.29, 1.82) is 0 Å². The van der Waals surface area contributed by atoms with Gasteiger partial charge in [0.25, 0.3) is 0 Å². The maximum absolute atomic E-state index is 11.7. The molecule has 6 nitrogen and oxygen atoms in total. The fraction of sp³-hybridized carbons (Fsp3) is 0.846. The third-order valence-electron chi connectivity index (χ3n) is 2.89. The highest BCUT2D eigenvalue weighted by molar-refractivity contribution is 5.77. The van der Waals surface area contributed by atoms with Crippen molar-refractivity contribution >= 4 is 12.1 Å². The van der Waals surface area contributed by atoms with E-state index in [0.29, 0.717) is 0 Å². The van der Waals surface area contributed by atoms with Crippen LogP contribution in [0, 0.1) is 0 Å². The number of alkyl carbamates (subject to hydrolysis) is 1. The molecule has 1 N–H and O–H groups in total. The zero-order chi connectivity index (χ0) is 14.5. The molecule has 1 fully saturated rings. The smallest absolute Gasteiger partial charge is 0.407 e. The molecule has 0 aromatic rings. The molecule has 0 saturated carbocycles. The van der Waals surface area contributed by atoms with Gasteiger partial charge in [-0.2, -0.15) is 0 Å². The van der Waals surface area contributed by atoms with Crippen LogP contribution in [-0.2, 0) is 14.3 Å². The second kappa shape index (κ2) is 6.75. The topological polar surface area (TPSA) is 67.9 Å². The molecule has 1 atom stereocenters. The van der Waals surface area contributed by atoms with Crippen molar-refractivity contribution in [2.75, 3.05) is 26.7 Å². The van der Waals surface area contributed by atoms with Crippen molar-refractivity contribution in [3.05, 3.63) is 0 Å². The highest BCUT2D eigenvalue weighted by Crippen LogP contribution is 2.13. The Hall–Kier alpha value is -1.30. The SMILES string of the molecule is COC(=O)[C@H](CNC(=O)OC(C)(C)C)N1CCCC1. The van der Waals surface area contributed by atoms with Crippen molar-refractivity contribution in [2.24, 2.45) is 0 Å². The van der Waals surface area contributed by atoms with E-state index in [1.165, 1.54) is 7.11 Å². The van der Waals surface area contributed by atoms with Crippen LogP contribution in [-0.4, -0.2) is 55.3 Å². The number of carbonyl (C=O) groups excluding carboxylic acids is 2. The molecule has 0 aromatic heterocycles. The van der Waals surface area contributed by atoms with E-state index in [2.05, 4.69) is 5.32 Å². The van der Waals surface area contributed by atoms with E-state index in [1.54, 1.807) is 20.8 Å². The summed E-state index contributed by atoms with van der Waals surface area (Å²) in [5.74, 6) is -0.321. The average molecular weight is 272 g/mol. The lowest BCUT2D eigenvalue weighted by atomic mass is 10.2. The molecule has 0 aliphatic carbocycles. The molecule has 1 aliphatic rings. The summed E-state index contributed by atoms with van der Waals surface area (Å²) in [5, 5.41) is 2.63. The number of methoxy groups -OCH3 is 1. The van der Waals surface area contributed by atoms with E-state index in [4.69, 9.17) is 9.47 Å². The van der Waals surface area contributed by atoms with Gasteiger partial charge in [-0.25, -0.2) is 4.79 Å². The van der Waals surface area contributed by atoms with Crippen molar-refractivity contribution in [2.45, 2.75) is 45.3 Å². The number of nitrogens with one attached hydrogen (secondary N) is 1. The first kappa shape index (κ1) is 15.8. The maximum Gasteiger partial charge on any atom is 0.407 e. The highest BCUT2D eigenvalue weighted by Gasteiger charge is 2.29. The zero-order valence-electron chi connectivity index (χ0n) is 12.2. The molecule has 0 unspecified atom stereocenters. The van der Waals surface area contributed by atoms with Gasteiger partial charge in [0.1, 0.15) is 11.6 Å². The predicted molar refractivity (Wildman–Crippen MR) is 70.8 cm³/mol. The molecule has 1 aliphatic heterocycles. The number of esters is 1. The van der Waals surface area contributed by atoms with Crippen molar-refractivity contribution in [3.63, 3.8) is 0 Å². The van der Waals surface area contributed by atoms with E-state index in [-0.39, 0.29) is 12.5 Å². The van der Waals surface area contributed by atoms with Crippen molar-refractivity contribution in [1.82, 2.24) is 10.2 Å². The number of ether oxygens (including phenoxy) is 2. The van der Waals surface area contributed by atoms with Crippen LogP contribution >= 0.6 is 0 Å². The highest BCUT2D eigenvalue weighted by atomic mass is 16.6. The Balaban J connectivity index is 2.49. The van der Waals surface area contributed by atoms with Crippen LogP contribution in [0.25, 0.3) is 0 Å². The molecule has 110 valence electrons. The van der Waals surface area contributed by atoms with Gasteiger partial charge in [0, 0.05) is 6.54 Å². The third-order valence-corrected chi connectivity index (χ3v) is 2.89. The molecule has 0 aromatic carbocycles. The molecule has 0 bridgehead atoms. The van der Waals surface area contributed by atoms with Crippen LogP contribution in [0.5, 0.6) is 0 Å². The Labute approximate surface area is 114 Å². The fourth-order valence-electron chi connectivity index (χ4n) is 2.04. The summed E-state index contributed by atoms with van der Waals surface area (Å²) in [4.78, 5) is 25.4. The first-order chi connectivity index (χ1) is 8.83. The van der Waals surface area contributed by atoms with E-state index in [0.717, 1.165) is 25.9 Å². The Morgan fingerprint density at radius 2 is 1.84 bits per heavy atom. The second-order valence-electron chi connectivity index (χ2n) is 5.66. The lowest BCUT2D eigenvalue weighted by Crippen LogP contribution is -2.48. The Kier molecular flexibility index (Phi) is 5.60. The largest absolute Gasteiger partial charge is 0.468 e. The first-order valence-corrected chi connectivity index (χ1v) is 6.62. The zero-order valence-corrected chi connectivity index (χ0v) is 12.2. The van der Waals surface area contributed by atoms with Gasteiger partial charge in [-0.15, -0.1) is 0 Å². The fourth-order valence-corrected chi connectivity index (χ4v) is 2.04. The lowest BCUT2D eigenvalue weighted by molar-refractivity contribution is -0.146. The van der Waals surface area contributed by atoms with Gasteiger partial charge in [0.15, 0.2) is 0 Å². The minimum Gasteiger partial charge on any atom is -0.468 e. The van der Waals surface area contributed by atoms with Gasteiger partial charge in [0.2, 0.25) is 0 Å². The third kappa shape index (κ3) is 5.46. The molecule has 1 rings (SSSR count). The normalized spacial score (nSPS) is 17.9. The van der Waals surface area contributed by atoms with Gasteiger partial charge in [-0.05, 0) is 46.7 Å². The Morgan fingerprint density at radius 3 is 2.32 bits per heavy atom. The number of carbonyl (C=O) groups is 2. The van der Waals surface area contributed by atoms with Crippen molar-refractivity contribution < 1.29 is 19.1 Å². The number of amides is 1. The first-order valence-electron chi connectivity index (χ1n) is 6.62. The second-order valence-corrected chi connectivity index (χ2v) is 5.66. The summed E-state index contributed by atoms with van der Waals surface area (Å²) in [7, 11) is 1.36. The van der Waals surface area contributed by atoms with Crippen LogP contribution in [0.1, 0.15) is 33.6 Å². The quantitative estimate of drug-likeness (QED) is 0.778. The van der Waals surface area contributed by atoms with Gasteiger partial charge in [-0.1, -0.05) is 0 Å². The summed E-state index contributed by atoms with van der Waals surface area (Å²) in [6.45, 7) is 7.31. The van der Waals surface area contributed by atoms with Gasteiger partial charge in [0.05, 0.1) is 7.11 Å². The van der Waals surface area contributed by atoms with Crippen LogP contribution in [0.2, 0.25) is 0 Å². The van der Waals surface area contributed by atoms with Crippen LogP contribution in [0.4, 0.5) is 4.79 Å². The van der Waals surface area contributed by atoms with Crippen LogP contribution in [0.15, 0.2) is 0 Å². The summed E-state index contributed by atoms with van der Waals surface area (Å²) in [6.07, 6.45) is 1.63. The van der Waals surface area contributed by atoms with Gasteiger partial charge < -0.3 is 14.8 Å². The van der Waals surface area contributed by atoms with Crippen LogP contribution in [0.3, 0.4) is 0 Å². The summed E-state index contributed by atoms with van der Waals surface area (Å²) < 4.78 is 9.93. The molecule has 0 radical (unpaired) electrons. The molecule has 19 heavy (non-hydrogen) atoms. The molecule has 6 heteroatoms. The number of hydrogen-bond donors (Lipinski definition) is 1. The number of likely N-dealkylation sites (tertiary alicyclic amines) is 1. The lowest BCUT2D eigenvalue weighted by Gasteiger charge is -2.26. The summed E-state index contributed by atoms with van der Waals surface area (Å²) in [5.41, 5.74) is -0.543. The van der Waals surface area contributed by atoms with Gasteiger partial charge in [-0.3, -0.25) is 9.69 Å². The minimum absolute atomic E-state index is 0.210. The molecular formula is C13H24N2O4. The van der Waals surface area contributed by atoms with Gasteiger partial charge >= 0.3 is 12.1 Å². The predicted octanol–water partition coefficient (Wildman–Crippen LogP) is 1.15. The van der Waals surface area contributed by atoms with Crippen molar-refractivity contribution in [3.8, 4) is 0 Å². The maximum atomic E-state index is 11.7. The Bertz CT molecular complexity index is 319. The minimum atomic E-state index is -0.543. The van der Waals surface area contributed by atoms with E-state index in [9.17, 15) is 9.59 Å². The van der Waals surface area contributed by atoms with E-state index >= 15 is 0 Å². The molecule has 1 amide bonds. The number of rotatable bonds is 4. The number of hydrogen-bond acceptors (Lipinski definition) is 5. The Morgan fingerprint density at radius 1 is 1.26 bits per heavy atom. The molecule has 1 saturated heterocycles. The van der Waals surface area contributed by atoms with E-state index in [1.807, 2.05) is 4.90 Å². The average Bonchev–Trinajstić information content (AvgIpc) is 2.80. The molecule has 1 heterocycles.